The van der Waals surface area contributed by atoms with Gasteiger partial charge in [-0.25, -0.2) is 4.39 Å². The van der Waals surface area contributed by atoms with Crippen molar-refractivity contribution in [3.8, 4) is 0 Å². The molecule has 4 rings (SSSR count). The highest BCUT2D eigenvalue weighted by Gasteiger charge is 2.46. The second-order valence-electron chi connectivity index (χ2n) is 8.44. The zero-order valence-corrected chi connectivity index (χ0v) is 17.3. The van der Waals surface area contributed by atoms with Crippen LogP contribution in [-0.4, -0.2) is 31.0 Å². The molecule has 2 N–H and O–H groups in total. The smallest absolute Gasteiger partial charge is 0.123 e. The fourth-order valence-corrected chi connectivity index (χ4v) is 5.25. The zero-order valence-electron chi connectivity index (χ0n) is 17.3. The Morgan fingerprint density at radius 3 is 2.32 bits per heavy atom. The normalized spacial score (nSPS) is 25.5. The molecular weight excluding hydrogens is 349 g/mol. The standard InChI is InChI=1S/C24H30FN3/c1-17-20-10-5-6-11-21(20)27-22(17)23(26-2)12-14-24(15-13-23,28(3)4)18-8-7-9-19(25)16-18/h5-11,16,26-27H,12-15H2,1-4H3. The summed E-state index contributed by atoms with van der Waals surface area (Å²) < 4.78 is 14.0. The van der Waals surface area contributed by atoms with Gasteiger partial charge in [-0.15, -0.1) is 0 Å². The molecule has 1 aliphatic carbocycles. The number of benzene rings is 2. The molecule has 1 aromatic heterocycles. The van der Waals surface area contributed by atoms with E-state index in [1.54, 1.807) is 6.07 Å². The van der Waals surface area contributed by atoms with Gasteiger partial charge in [0.25, 0.3) is 0 Å². The fraction of sp³-hybridized carbons (Fsp3) is 0.417. The molecule has 1 fully saturated rings. The highest BCUT2D eigenvalue weighted by molar-refractivity contribution is 5.84. The Labute approximate surface area is 166 Å². The first-order valence-corrected chi connectivity index (χ1v) is 10.1. The van der Waals surface area contributed by atoms with Crippen molar-refractivity contribution in [2.45, 2.75) is 43.7 Å². The van der Waals surface area contributed by atoms with Gasteiger partial charge in [-0.3, -0.25) is 4.90 Å². The van der Waals surface area contributed by atoms with Gasteiger partial charge < -0.3 is 10.3 Å². The van der Waals surface area contributed by atoms with Gasteiger partial charge in [0.05, 0.1) is 5.54 Å². The summed E-state index contributed by atoms with van der Waals surface area (Å²) in [5.41, 5.74) is 4.67. The van der Waals surface area contributed by atoms with Crippen LogP contribution in [0.25, 0.3) is 10.9 Å². The Kier molecular flexibility index (Phi) is 4.80. The van der Waals surface area contributed by atoms with Crippen molar-refractivity contribution < 1.29 is 4.39 Å². The van der Waals surface area contributed by atoms with Crippen LogP contribution in [0.1, 0.15) is 42.5 Å². The van der Waals surface area contributed by atoms with Crippen LogP contribution < -0.4 is 5.32 Å². The number of aryl methyl sites for hydroxylation is 1. The maximum absolute atomic E-state index is 14.0. The summed E-state index contributed by atoms with van der Waals surface area (Å²) in [7, 11) is 6.30. The van der Waals surface area contributed by atoms with Gasteiger partial charge in [0, 0.05) is 22.1 Å². The third-order valence-electron chi connectivity index (χ3n) is 7.07. The second-order valence-corrected chi connectivity index (χ2v) is 8.44. The predicted molar refractivity (Wildman–Crippen MR) is 114 cm³/mol. The molecule has 1 aliphatic rings. The molecule has 28 heavy (non-hydrogen) atoms. The minimum absolute atomic E-state index is 0.0874. The third kappa shape index (κ3) is 2.87. The number of nitrogens with one attached hydrogen (secondary N) is 2. The van der Waals surface area contributed by atoms with Crippen molar-refractivity contribution in [1.29, 1.82) is 0 Å². The molecule has 0 atom stereocenters. The van der Waals surface area contributed by atoms with Crippen molar-refractivity contribution in [3.63, 3.8) is 0 Å². The van der Waals surface area contributed by atoms with Crippen LogP contribution >= 0.6 is 0 Å². The van der Waals surface area contributed by atoms with E-state index in [-0.39, 0.29) is 16.9 Å². The first kappa shape index (κ1) is 19.2. The van der Waals surface area contributed by atoms with E-state index in [0.717, 1.165) is 31.2 Å². The Morgan fingerprint density at radius 1 is 1.00 bits per heavy atom. The van der Waals surface area contributed by atoms with E-state index < -0.39 is 0 Å². The summed E-state index contributed by atoms with van der Waals surface area (Å²) in [5.74, 6) is -0.157. The minimum atomic E-state index is -0.157. The zero-order chi connectivity index (χ0) is 19.9. The predicted octanol–water partition coefficient (Wildman–Crippen LogP) is 5.06. The number of para-hydroxylation sites is 1. The van der Waals surface area contributed by atoms with Gasteiger partial charge in [0.15, 0.2) is 0 Å². The third-order valence-corrected chi connectivity index (χ3v) is 7.07. The molecule has 3 nitrogen and oxygen atoms in total. The lowest BCUT2D eigenvalue weighted by molar-refractivity contribution is 0.0543. The molecule has 1 heterocycles. The van der Waals surface area contributed by atoms with Gasteiger partial charge in [-0.2, -0.15) is 0 Å². The molecule has 0 amide bonds. The first-order valence-electron chi connectivity index (χ1n) is 10.1. The quantitative estimate of drug-likeness (QED) is 0.664. The van der Waals surface area contributed by atoms with E-state index in [1.165, 1.54) is 28.2 Å². The number of nitrogens with zero attached hydrogens (tertiary/aromatic N) is 1. The van der Waals surface area contributed by atoms with Gasteiger partial charge in [-0.05, 0) is 83.1 Å². The molecule has 0 saturated heterocycles. The Hall–Kier alpha value is -2.17. The van der Waals surface area contributed by atoms with E-state index in [1.807, 2.05) is 6.07 Å². The SMILES string of the molecule is CNC1(c2[nH]c3ccccc3c2C)CCC(c2cccc(F)c2)(N(C)C)CC1. The summed E-state index contributed by atoms with van der Waals surface area (Å²) in [5, 5.41) is 4.94. The van der Waals surface area contributed by atoms with Crippen LogP contribution in [0.3, 0.4) is 0 Å². The van der Waals surface area contributed by atoms with Crippen LogP contribution in [0.5, 0.6) is 0 Å². The van der Waals surface area contributed by atoms with Gasteiger partial charge >= 0.3 is 0 Å². The van der Waals surface area contributed by atoms with Crippen LogP contribution in [0, 0.1) is 12.7 Å². The average molecular weight is 380 g/mol. The number of aromatic nitrogens is 1. The highest BCUT2D eigenvalue weighted by atomic mass is 19.1. The lowest BCUT2D eigenvalue weighted by Crippen LogP contribution is -2.52. The van der Waals surface area contributed by atoms with Gasteiger partial charge in [0.1, 0.15) is 5.82 Å². The number of hydrogen-bond acceptors (Lipinski definition) is 2. The summed E-state index contributed by atoms with van der Waals surface area (Å²) in [6.45, 7) is 2.22. The Bertz CT molecular complexity index is 980. The number of H-pyrrole nitrogens is 1. The highest BCUT2D eigenvalue weighted by Crippen LogP contribution is 2.49. The van der Waals surface area contributed by atoms with Crippen LogP contribution in [0.4, 0.5) is 4.39 Å². The number of halogens is 1. The summed E-state index contributed by atoms with van der Waals surface area (Å²) in [6, 6.07) is 15.7. The minimum Gasteiger partial charge on any atom is -0.357 e. The lowest BCUT2D eigenvalue weighted by Gasteiger charge is -2.50. The molecule has 0 radical (unpaired) electrons. The summed E-state index contributed by atoms with van der Waals surface area (Å²) in [4.78, 5) is 5.97. The van der Waals surface area contributed by atoms with E-state index in [9.17, 15) is 4.39 Å². The molecule has 148 valence electrons. The van der Waals surface area contributed by atoms with Crippen LogP contribution in [0.15, 0.2) is 48.5 Å². The molecule has 4 heteroatoms. The van der Waals surface area contributed by atoms with Crippen LogP contribution in [0.2, 0.25) is 0 Å². The maximum atomic E-state index is 14.0. The van der Waals surface area contributed by atoms with Crippen molar-refractivity contribution in [1.82, 2.24) is 15.2 Å². The number of fused-ring (bicyclic) bond motifs is 1. The Morgan fingerprint density at radius 2 is 1.71 bits per heavy atom. The van der Waals surface area contributed by atoms with Gasteiger partial charge in [-0.1, -0.05) is 30.3 Å². The van der Waals surface area contributed by atoms with Crippen molar-refractivity contribution in [2.24, 2.45) is 0 Å². The van der Waals surface area contributed by atoms with E-state index in [4.69, 9.17) is 0 Å². The second kappa shape index (κ2) is 7.02. The maximum Gasteiger partial charge on any atom is 0.123 e. The summed E-state index contributed by atoms with van der Waals surface area (Å²) in [6.07, 6.45) is 3.93. The molecule has 0 aliphatic heterocycles. The Balaban J connectivity index is 1.72. The monoisotopic (exact) mass is 379 g/mol. The summed E-state index contributed by atoms with van der Waals surface area (Å²) >= 11 is 0. The fourth-order valence-electron chi connectivity index (χ4n) is 5.25. The molecule has 0 bridgehead atoms. The van der Waals surface area contributed by atoms with Gasteiger partial charge in [0.2, 0.25) is 0 Å². The van der Waals surface area contributed by atoms with E-state index >= 15 is 0 Å². The molecule has 3 aromatic rings. The number of hydrogen-bond donors (Lipinski definition) is 2. The molecule has 0 unspecified atom stereocenters. The van der Waals surface area contributed by atoms with Crippen LogP contribution in [-0.2, 0) is 11.1 Å². The molecular formula is C24H30FN3. The van der Waals surface area contributed by atoms with Crippen molar-refractivity contribution in [3.05, 3.63) is 71.2 Å². The molecule has 2 aromatic carbocycles. The molecule has 1 saturated carbocycles. The van der Waals surface area contributed by atoms with E-state index in [2.05, 4.69) is 73.6 Å². The number of aromatic amines is 1. The van der Waals surface area contributed by atoms with E-state index in [0.29, 0.717) is 0 Å². The van der Waals surface area contributed by atoms with Crippen molar-refractivity contribution in [2.75, 3.05) is 21.1 Å². The first-order chi connectivity index (χ1) is 13.4. The largest absolute Gasteiger partial charge is 0.357 e. The topological polar surface area (TPSA) is 31.1 Å². The lowest BCUT2D eigenvalue weighted by atomic mass is 9.67. The molecule has 0 spiro atoms. The average Bonchev–Trinajstić information content (AvgIpc) is 3.05. The van der Waals surface area contributed by atoms with Crippen molar-refractivity contribution >= 4 is 10.9 Å². The number of rotatable bonds is 4.